The van der Waals surface area contributed by atoms with Gasteiger partial charge in [0.15, 0.2) is 5.78 Å². The number of Topliss-reactive ketones (excluding diaryl/α,β-unsaturated/α-hetero) is 1. The van der Waals surface area contributed by atoms with Crippen LogP contribution in [0.3, 0.4) is 0 Å². The van der Waals surface area contributed by atoms with E-state index in [2.05, 4.69) is 5.10 Å². The number of carbonyl (C=O) groups excluding carboxylic acids is 2. The summed E-state index contributed by atoms with van der Waals surface area (Å²) in [6, 6.07) is 0. The van der Waals surface area contributed by atoms with Crippen molar-refractivity contribution in [2.75, 3.05) is 0 Å². The quantitative estimate of drug-likeness (QED) is 0.509. The summed E-state index contributed by atoms with van der Waals surface area (Å²) in [5, 5.41) is 4.06. The number of hydrogen-bond acceptors (Lipinski definition) is 3. The summed E-state index contributed by atoms with van der Waals surface area (Å²) in [5.41, 5.74) is 1.23. The van der Waals surface area contributed by atoms with Crippen molar-refractivity contribution in [1.29, 1.82) is 0 Å². The third kappa shape index (κ3) is 1.32. The number of carbonyl (C=O) groups is 2. The highest BCUT2D eigenvalue weighted by atomic mass is 16.1. The highest BCUT2D eigenvalue weighted by Gasteiger charge is 2.42. The van der Waals surface area contributed by atoms with Gasteiger partial charge < -0.3 is 4.79 Å². The molecule has 0 N–H and O–H groups in total. The summed E-state index contributed by atoms with van der Waals surface area (Å²) >= 11 is 0. The van der Waals surface area contributed by atoms with Gasteiger partial charge in [0.1, 0.15) is 6.29 Å². The third-order valence-corrected chi connectivity index (χ3v) is 3.21. The summed E-state index contributed by atoms with van der Waals surface area (Å²) in [6.07, 6.45) is 3.04. The Balaban J connectivity index is 2.57. The predicted octanol–water partition coefficient (Wildman–Crippen LogP) is 1.00. The van der Waals surface area contributed by atoms with Gasteiger partial charge in [-0.05, 0) is 11.8 Å². The fraction of sp³-hybridized carbons (Fsp3) is 0.545. The molecule has 1 aromatic rings. The highest BCUT2D eigenvalue weighted by Crippen LogP contribution is 2.38. The number of hydrogen-bond donors (Lipinski definition) is 0. The first-order valence-corrected chi connectivity index (χ1v) is 4.98. The lowest BCUT2D eigenvalue weighted by atomic mass is 9.68. The molecule has 0 bridgehead atoms. The van der Waals surface area contributed by atoms with Crippen LogP contribution in [0, 0.1) is 11.3 Å². The second-order valence-corrected chi connectivity index (χ2v) is 4.77. The fourth-order valence-electron chi connectivity index (χ4n) is 2.19. The van der Waals surface area contributed by atoms with E-state index in [1.807, 2.05) is 20.9 Å². The molecule has 0 aromatic carbocycles. The maximum Gasteiger partial charge on any atom is 0.177 e. The Morgan fingerprint density at radius 1 is 1.60 bits per heavy atom. The molecule has 1 atom stereocenters. The smallest absolute Gasteiger partial charge is 0.177 e. The molecule has 4 heteroatoms. The molecule has 0 aliphatic heterocycles. The van der Waals surface area contributed by atoms with Gasteiger partial charge in [-0.15, -0.1) is 0 Å². The molecule has 1 aliphatic carbocycles. The number of nitrogens with zero attached hydrogens (tertiary/aromatic N) is 2. The zero-order valence-electron chi connectivity index (χ0n) is 9.15. The molecule has 2 rings (SSSR count). The number of ketones is 1. The molecule has 0 spiro atoms. The number of aldehydes is 1. The van der Waals surface area contributed by atoms with Crippen LogP contribution in [0.4, 0.5) is 0 Å². The van der Waals surface area contributed by atoms with Crippen LogP contribution in [0.2, 0.25) is 0 Å². The molecule has 80 valence electrons. The van der Waals surface area contributed by atoms with Crippen LogP contribution in [0.5, 0.6) is 0 Å². The molecule has 0 fully saturated rings. The van der Waals surface area contributed by atoms with Crippen molar-refractivity contribution < 1.29 is 9.59 Å². The molecule has 1 aliphatic rings. The normalized spacial score (nSPS) is 23.7. The van der Waals surface area contributed by atoms with Crippen molar-refractivity contribution in [2.24, 2.45) is 18.4 Å². The van der Waals surface area contributed by atoms with Crippen LogP contribution in [0.15, 0.2) is 6.20 Å². The van der Waals surface area contributed by atoms with Crippen molar-refractivity contribution in [3.63, 3.8) is 0 Å². The largest absolute Gasteiger partial charge is 0.303 e. The molecule has 1 aromatic heterocycles. The molecule has 15 heavy (non-hydrogen) atoms. The van der Waals surface area contributed by atoms with E-state index in [4.69, 9.17) is 0 Å². The number of fused-ring (bicyclic) bond motifs is 1. The maximum atomic E-state index is 12.0. The van der Waals surface area contributed by atoms with Crippen LogP contribution in [0.1, 0.15) is 29.9 Å². The monoisotopic (exact) mass is 206 g/mol. The first-order valence-electron chi connectivity index (χ1n) is 4.98. The second-order valence-electron chi connectivity index (χ2n) is 4.77. The van der Waals surface area contributed by atoms with E-state index in [0.717, 1.165) is 12.0 Å². The minimum Gasteiger partial charge on any atom is -0.303 e. The molecular formula is C11H14N2O2. The predicted molar refractivity (Wildman–Crippen MR) is 54.6 cm³/mol. The van der Waals surface area contributed by atoms with E-state index in [0.29, 0.717) is 12.0 Å². The summed E-state index contributed by atoms with van der Waals surface area (Å²) in [4.78, 5) is 22.9. The Bertz CT molecular complexity index is 432. The van der Waals surface area contributed by atoms with Crippen LogP contribution in [-0.4, -0.2) is 21.8 Å². The van der Waals surface area contributed by atoms with Crippen LogP contribution < -0.4 is 0 Å². The Labute approximate surface area is 88.3 Å². The summed E-state index contributed by atoms with van der Waals surface area (Å²) in [5.74, 6) is -0.626. The van der Waals surface area contributed by atoms with E-state index in [1.165, 1.54) is 0 Å². The van der Waals surface area contributed by atoms with Gasteiger partial charge in [0.2, 0.25) is 0 Å². The van der Waals surface area contributed by atoms with Crippen molar-refractivity contribution in [2.45, 2.75) is 20.3 Å². The summed E-state index contributed by atoms with van der Waals surface area (Å²) in [6.45, 7) is 3.89. The SMILES string of the molecule is Cn1ncc2c1CC(C)(C)C(C=O)C2=O. The summed E-state index contributed by atoms with van der Waals surface area (Å²) < 4.78 is 1.72. The zero-order valence-corrected chi connectivity index (χ0v) is 9.15. The van der Waals surface area contributed by atoms with Gasteiger partial charge in [-0.1, -0.05) is 13.8 Å². The lowest BCUT2D eigenvalue weighted by Crippen LogP contribution is -2.39. The maximum absolute atomic E-state index is 12.0. The average Bonchev–Trinajstić information content (AvgIpc) is 2.47. The van der Waals surface area contributed by atoms with E-state index < -0.39 is 5.92 Å². The average molecular weight is 206 g/mol. The Morgan fingerprint density at radius 2 is 2.27 bits per heavy atom. The second kappa shape index (κ2) is 3.02. The number of aromatic nitrogens is 2. The Morgan fingerprint density at radius 3 is 2.87 bits per heavy atom. The third-order valence-electron chi connectivity index (χ3n) is 3.21. The Kier molecular flexibility index (Phi) is 2.03. The number of rotatable bonds is 1. The summed E-state index contributed by atoms with van der Waals surface area (Å²) in [7, 11) is 1.82. The van der Waals surface area contributed by atoms with Crippen molar-refractivity contribution in [3.8, 4) is 0 Å². The topological polar surface area (TPSA) is 52.0 Å². The molecule has 0 saturated carbocycles. The van der Waals surface area contributed by atoms with E-state index in [-0.39, 0.29) is 11.2 Å². The van der Waals surface area contributed by atoms with Gasteiger partial charge in [0.25, 0.3) is 0 Å². The van der Waals surface area contributed by atoms with Gasteiger partial charge in [0, 0.05) is 12.7 Å². The van der Waals surface area contributed by atoms with Crippen molar-refractivity contribution >= 4 is 12.1 Å². The van der Waals surface area contributed by atoms with Crippen LogP contribution >= 0.6 is 0 Å². The Hall–Kier alpha value is -1.45. The van der Waals surface area contributed by atoms with Gasteiger partial charge in [-0.2, -0.15) is 5.10 Å². The lowest BCUT2D eigenvalue weighted by Gasteiger charge is -2.33. The van der Waals surface area contributed by atoms with E-state index in [9.17, 15) is 9.59 Å². The molecule has 0 saturated heterocycles. The molecule has 1 unspecified atom stereocenters. The lowest BCUT2D eigenvalue weighted by molar-refractivity contribution is -0.112. The minimum atomic E-state index is -0.533. The van der Waals surface area contributed by atoms with Gasteiger partial charge >= 0.3 is 0 Å². The van der Waals surface area contributed by atoms with Crippen molar-refractivity contribution in [1.82, 2.24) is 9.78 Å². The van der Waals surface area contributed by atoms with E-state index in [1.54, 1.807) is 10.9 Å². The molecule has 0 radical (unpaired) electrons. The van der Waals surface area contributed by atoms with E-state index >= 15 is 0 Å². The molecule has 0 amide bonds. The standard InChI is InChI=1S/C11H14N2O2/c1-11(2)4-9-7(5-12-13(9)3)10(15)8(11)6-14/h5-6,8H,4H2,1-3H3. The van der Waals surface area contributed by atoms with Crippen LogP contribution in [-0.2, 0) is 18.3 Å². The van der Waals surface area contributed by atoms with Gasteiger partial charge in [-0.3, -0.25) is 9.48 Å². The molecule has 4 nitrogen and oxygen atoms in total. The van der Waals surface area contributed by atoms with Gasteiger partial charge in [0.05, 0.1) is 17.7 Å². The molecule has 1 heterocycles. The highest BCUT2D eigenvalue weighted by molar-refractivity contribution is 6.07. The van der Waals surface area contributed by atoms with Crippen molar-refractivity contribution in [3.05, 3.63) is 17.5 Å². The molecular weight excluding hydrogens is 192 g/mol. The minimum absolute atomic E-state index is 0.0932. The number of aryl methyl sites for hydroxylation is 1. The first kappa shape index (κ1) is 10.1. The van der Waals surface area contributed by atoms with Gasteiger partial charge in [-0.25, -0.2) is 0 Å². The fourth-order valence-corrected chi connectivity index (χ4v) is 2.19. The zero-order chi connectivity index (χ0) is 11.2. The first-order chi connectivity index (χ1) is 6.97. The van der Waals surface area contributed by atoms with Crippen LogP contribution in [0.25, 0.3) is 0 Å².